The normalized spacial score (nSPS) is 14.6. The molecule has 0 atom stereocenters. The van der Waals surface area contributed by atoms with Crippen molar-refractivity contribution in [2.45, 2.75) is 0 Å². The lowest BCUT2D eigenvalue weighted by Crippen LogP contribution is -2.36. The van der Waals surface area contributed by atoms with Crippen LogP contribution in [0.5, 0.6) is 0 Å². The van der Waals surface area contributed by atoms with Crippen LogP contribution in [0.25, 0.3) is 11.3 Å². The highest BCUT2D eigenvalue weighted by Crippen LogP contribution is 2.39. The summed E-state index contributed by atoms with van der Waals surface area (Å²) in [5, 5.41) is 10.3. The maximum Gasteiger partial charge on any atom is 0.258 e. The van der Waals surface area contributed by atoms with Gasteiger partial charge in [0.15, 0.2) is 0 Å². The molecule has 2 heterocycles. The first kappa shape index (κ1) is 25.2. The van der Waals surface area contributed by atoms with Crippen molar-refractivity contribution in [2.24, 2.45) is 0 Å². The molecule has 1 aromatic heterocycles. The zero-order chi connectivity index (χ0) is 25.3. The largest absolute Gasteiger partial charge is 0.354 e. The summed E-state index contributed by atoms with van der Waals surface area (Å²) in [7, 11) is -0.0621. The van der Waals surface area contributed by atoms with Crippen LogP contribution in [0.3, 0.4) is 0 Å². The van der Waals surface area contributed by atoms with Gasteiger partial charge >= 0.3 is 0 Å². The summed E-state index contributed by atoms with van der Waals surface area (Å²) in [5.41, 5.74) is 3.28. The molecule has 0 saturated heterocycles. The molecule has 0 radical (unpaired) electrons. The third kappa shape index (κ3) is 5.51. The molecule has 0 aliphatic carbocycles. The summed E-state index contributed by atoms with van der Waals surface area (Å²) in [6, 6.07) is 11.2. The standard InChI is InChI=1S/C24H24ClFN4O3S2/c1-29(2)9-10-30(35(3,32)33)21-7-5-17(13-19(21)26)27-23(15-8-11-34-14-15)22-18-6-4-16(25)12-20(18)28-24(22)31/h4-8,11-14,27H,9-10H2,1-3H3,(H,28,31)/b23-22-. The molecule has 0 saturated carbocycles. The quantitative estimate of drug-likeness (QED) is 0.406. The molecular weight excluding hydrogens is 511 g/mol. The number of carbonyl (C=O) groups is 1. The van der Waals surface area contributed by atoms with Gasteiger partial charge in [-0.05, 0) is 55.9 Å². The molecule has 0 unspecified atom stereocenters. The number of benzene rings is 2. The molecule has 0 bridgehead atoms. The highest BCUT2D eigenvalue weighted by atomic mass is 35.5. The molecule has 0 fully saturated rings. The molecular formula is C24H24ClFN4O3S2. The van der Waals surface area contributed by atoms with Crippen molar-refractivity contribution in [3.63, 3.8) is 0 Å². The minimum absolute atomic E-state index is 0.0387. The maximum atomic E-state index is 15.2. The fraction of sp³-hybridized carbons (Fsp3) is 0.208. The SMILES string of the molecule is CN(C)CCN(c1ccc(N/C(=C2\C(=O)Nc3cc(Cl)ccc32)c2ccsc2)cc1F)S(C)(=O)=O. The molecule has 7 nitrogen and oxygen atoms in total. The molecule has 1 amide bonds. The Balaban J connectivity index is 1.74. The van der Waals surface area contributed by atoms with Gasteiger partial charge in [-0.1, -0.05) is 17.7 Å². The summed E-state index contributed by atoms with van der Waals surface area (Å²) in [4.78, 5) is 14.7. The van der Waals surface area contributed by atoms with E-state index in [2.05, 4.69) is 10.6 Å². The Bertz CT molecular complexity index is 1410. The molecule has 184 valence electrons. The molecule has 2 N–H and O–H groups in total. The van der Waals surface area contributed by atoms with E-state index >= 15 is 4.39 Å². The van der Waals surface area contributed by atoms with Crippen LogP contribution in [-0.4, -0.2) is 52.7 Å². The van der Waals surface area contributed by atoms with Crippen LogP contribution in [0.4, 0.5) is 21.5 Å². The fourth-order valence-electron chi connectivity index (χ4n) is 3.77. The number of nitrogens with zero attached hydrogens (tertiary/aromatic N) is 2. The summed E-state index contributed by atoms with van der Waals surface area (Å²) in [6.45, 7) is 0.540. The number of anilines is 3. The summed E-state index contributed by atoms with van der Waals surface area (Å²) >= 11 is 7.55. The average molecular weight is 535 g/mol. The summed E-state index contributed by atoms with van der Waals surface area (Å²) in [6.07, 6.45) is 1.05. The Morgan fingerprint density at radius 1 is 1.14 bits per heavy atom. The molecule has 0 spiro atoms. The second kappa shape index (κ2) is 9.98. The number of halogens is 2. The Hall–Kier alpha value is -2.92. The number of fused-ring (bicyclic) bond motifs is 1. The van der Waals surface area contributed by atoms with E-state index in [0.29, 0.717) is 39.8 Å². The minimum Gasteiger partial charge on any atom is -0.354 e. The predicted octanol–water partition coefficient (Wildman–Crippen LogP) is 4.80. The second-order valence-electron chi connectivity index (χ2n) is 8.34. The van der Waals surface area contributed by atoms with Crippen LogP contribution in [-0.2, 0) is 14.8 Å². The van der Waals surface area contributed by atoms with Gasteiger partial charge in [0, 0.05) is 40.3 Å². The van der Waals surface area contributed by atoms with Crippen LogP contribution in [0.15, 0.2) is 53.2 Å². The van der Waals surface area contributed by atoms with E-state index in [4.69, 9.17) is 11.6 Å². The van der Waals surface area contributed by atoms with E-state index in [1.807, 2.05) is 35.8 Å². The monoisotopic (exact) mass is 534 g/mol. The first-order valence-electron chi connectivity index (χ1n) is 10.6. The summed E-state index contributed by atoms with van der Waals surface area (Å²) in [5.74, 6) is -1.00. The van der Waals surface area contributed by atoms with Crippen molar-refractivity contribution in [3.05, 3.63) is 75.2 Å². The van der Waals surface area contributed by atoms with Gasteiger partial charge in [-0.25, -0.2) is 12.8 Å². The van der Waals surface area contributed by atoms with Crippen molar-refractivity contribution < 1.29 is 17.6 Å². The van der Waals surface area contributed by atoms with Gasteiger partial charge in [-0.15, -0.1) is 0 Å². The zero-order valence-corrected chi connectivity index (χ0v) is 21.7. The Labute approximate surface area is 212 Å². The Kier molecular flexibility index (Phi) is 7.18. The number of thiophene rings is 1. The first-order valence-corrected chi connectivity index (χ1v) is 13.8. The number of likely N-dealkylation sites (N-methyl/N-ethyl adjacent to an activating group) is 1. The number of hydrogen-bond acceptors (Lipinski definition) is 6. The lowest BCUT2D eigenvalue weighted by Gasteiger charge is -2.25. The minimum atomic E-state index is -3.69. The lowest BCUT2D eigenvalue weighted by molar-refractivity contribution is -0.110. The average Bonchev–Trinajstić information content (AvgIpc) is 3.40. The molecule has 35 heavy (non-hydrogen) atoms. The highest BCUT2D eigenvalue weighted by Gasteiger charge is 2.29. The number of hydrogen-bond donors (Lipinski definition) is 2. The van der Waals surface area contributed by atoms with E-state index < -0.39 is 15.8 Å². The van der Waals surface area contributed by atoms with Gasteiger partial charge in [0.25, 0.3) is 5.91 Å². The molecule has 11 heteroatoms. The summed E-state index contributed by atoms with van der Waals surface area (Å²) < 4.78 is 40.9. The predicted molar refractivity (Wildman–Crippen MR) is 142 cm³/mol. The van der Waals surface area contributed by atoms with Gasteiger partial charge in [0.1, 0.15) is 5.82 Å². The molecule has 3 aromatic rings. The molecule has 1 aliphatic heterocycles. The Morgan fingerprint density at radius 3 is 2.54 bits per heavy atom. The van der Waals surface area contributed by atoms with E-state index in [1.54, 1.807) is 24.3 Å². The topological polar surface area (TPSA) is 81.8 Å². The second-order valence-corrected chi connectivity index (χ2v) is 11.5. The zero-order valence-electron chi connectivity index (χ0n) is 19.3. The van der Waals surface area contributed by atoms with Crippen molar-refractivity contribution in [1.82, 2.24) is 4.90 Å². The number of rotatable bonds is 8. The van der Waals surface area contributed by atoms with Crippen LogP contribution >= 0.6 is 22.9 Å². The van der Waals surface area contributed by atoms with E-state index in [0.717, 1.165) is 16.1 Å². The molecule has 1 aliphatic rings. The third-order valence-electron chi connectivity index (χ3n) is 5.42. The third-order valence-corrected chi connectivity index (χ3v) is 7.52. The Morgan fingerprint density at radius 2 is 1.91 bits per heavy atom. The fourth-order valence-corrected chi connectivity index (χ4v) is 5.50. The highest BCUT2D eigenvalue weighted by molar-refractivity contribution is 7.92. The van der Waals surface area contributed by atoms with Crippen LogP contribution in [0.1, 0.15) is 11.1 Å². The van der Waals surface area contributed by atoms with Crippen molar-refractivity contribution in [2.75, 3.05) is 48.4 Å². The van der Waals surface area contributed by atoms with E-state index in [9.17, 15) is 13.2 Å². The molecule has 4 rings (SSSR count). The van der Waals surface area contributed by atoms with Gasteiger partial charge in [0.05, 0.1) is 28.9 Å². The number of nitrogens with one attached hydrogen (secondary N) is 2. The van der Waals surface area contributed by atoms with Crippen molar-refractivity contribution >= 4 is 67.2 Å². The van der Waals surface area contributed by atoms with Crippen LogP contribution in [0, 0.1) is 5.82 Å². The van der Waals surface area contributed by atoms with E-state index in [-0.39, 0.29) is 18.1 Å². The first-order chi connectivity index (χ1) is 16.5. The van der Waals surface area contributed by atoms with E-state index in [1.165, 1.54) is 23.5 Å². The maximum absolute atomic E-state index is 15.2. The van der Waals surface area contributed by atoms with Crippen LogP contribution < -0.4 is 14.9 Å². The molecule has 2 aromatic carbocycles. The van der Waals surface area contributed by atoms with Crippen molar-refractivity contribution in [3.8, 4) is 0 Å². The van der Waals surface area contributed by atoms with Crippen molar-refractivity contribution in [1.29, 1.82) is 0 Å². The number of amides is 1. The number of sulfonamides is 1. The van der Waals surface area contributed by atoms with Gasteiger partial charge in [0.2, 0.25) is 10.0 Å². The van der Waals surface area contributed by atoms with Gasteiger partial charge in [-0.2, -0.15) is 11.3 Å². The lowest BCUT2D eigenvalue weighted by atomic mass is 10.0. The van der Waals surface area contributed by atoms with Gasteiger partial charge in [-0.3, -0.25) is 9.10 Å². The smallest absolute Gasteiger partial charge is 0.258 e. The van der Waals surface area contributed by atoms with Gasteiger partial charge < -0.3 is 15.5 Å². The number of carbonyl (C=O) groups excluding carboxylic acids is 1. The van der Waals surface area contributed by atoms with Crippen LogP contribution in [0.2, 0.25) is 5.02 Å².